The van der Waals surface area contributed by atoms with Gasteiger partial charge in [0.1, 0.15) is 0 Å². The third-order valence-corrected chi connectivity index (χ3v) is 3.51. The van der Waals surface area contributed by atoms with Gasteiger partial charge in [0.2, 0.25) is 6.10 Å². The van der Waals surface area contributed by atoms with Crippen LogP contribution in [0.25, 0.3) is 0 Å². The Morgan fingerprint density at radius 1 is 1.12 bits per heavy atom. The highest BCUT2D eigenvalue weighted by molar-refractivity contribution is 5.82. The third kappa shape index (κ3) is 5.53. The van der Waals surface area contributed by atoms with Crippen molar-refractivity contribution in [2.45, 2.75) is 19.6 Å². The molecule has 0 radical (unpaired) electrons. The minimum atomic E-state index is -0.694. The molecule has 1 N–H and O–H groups in total. The number of hydrogen-bond donors (Lipinski definition) is 1. The predicted octanol–water partition coefficient (Wildman–Crippen LogP) is 2.76. The maximum absolute atomic E-state index is 12.0. The number of benzene rings is 2. The average molecular weight is 342 g/mol. The van der Waals surface area contributed by atoms with Gasteiger partial charge in [-0.1, -0.05) is 35.5 Å². The zero-order chi connectivity index (χ0) is 18.1. The molecule has 0 unspecified atom stereocenters. The molecule has 0 saturated heterocycles. The number of carbonyl (C=O) groups excluding carboxylic acids is 1. The lowest BCUT2D eigenvalue weighted by Crippen LogP contribution is -2.33. The normalized spacial score (nSPS) is 11.8. The van der Waals surface area contributed by atoms with Crippen molar-refractivity contribution in [1.82, 2.24) is 5.32 Å². The lowest BCUT2D eigenvalue weighted by molar-refractivity contribution is -0.131. The van der Waals surface area contributed by atoms with Crippen LogP contribution in [0.5, 0.6) is 11.5 Å². The summed E-state index contributed by atoms with van der Waals surface area (Å²) in [5, 5.41) is 6.67. The number of ether oxygens (including phenoxy) is 2. The lowest BCUT2D eigenvalue weighted by Gasteiger charge is -2.10. The number of nitrogens with zero attached hydrogens (tertiary/aromatic N) is 1. The molecule has 25 heavy (non-hydrogen) atoms. The van der Waals surface area contributed by atoms with Crippen molar-refractivity contribution in [3.05, 3.63) is 59.7 Å². The van der Waals surface area contributed by atoms with Crippen LogP contribution in [0, 0.1) is 0 Å². The summed E-state index contributed by atoms with van der Waals surface area (Å²) in [6.07, 6.45) is 0.822. The van der Waals surface area contributed by atoms with Crippen molar-refractivity contribution in [2.24, 2.45) is 5.16 Å². The van der Waals surface area contributed by atoms with Crippen LogP contribution in [0.15, 0.2) is 53.7 Å². The molecule has 0 saturated carbocycles. The Morgan fingerprint density at radius 2 is 1.84 bits per heavy atom. The first-order valence-corrected chi connectivity index (χ1v) is 7.87. The van der Waals surface area contributed by atoms with E-state index in [-0.39, 0.29) is 5.91 Å². The summed E-state index contributed by atoms with van der Waals surface area (Å²) in [5.74, 6) is 1.00. The summed E-state index contributed by atoms with van der Waals surface area (Å²) >= 11 is 0. The van der Waals surface area contributed by atoms with Crippen molar-refractivity contribution >= 4 is 12.1 Å². The molecule has 132 valence electrons. The van der Waals surface area contributed by atoms with E-state index >= 15 is 0 Å². The van der Waals surface area contributed by atoms with E-state index in [1.54, 1.807) is 33.3 Å². The Hall–Kier alpha value is -3.02. The van der Waals surface area contributed by atoms with Crippen LogP contribution < -0.4 is 14.8 Å². The molecular formula is C19H22N2O4. The molecule has 0 aliphatic heterocycles. The summed E-state index contributed by atoms with van der Waals surface area (Å²) < 4.78 is 10.4. The van der Waals surface area contributed by atoms with E-state index in [1.807, 2.05) is 36.4 Å². The molecule has 2 aromatic rings. The number of oxime groups is 1. The standard InChI is InChI=1S/C19H22N2O4/c1-14(19(22)20-12-15-7-5-4-6-8-15)25-21-13-16-9-10-17(23-2)18(11-16)24-3/h4-11,13-14H,12H2,1-3H3,(H,20,22)/b21-13-/t14-/m0/s1. The molecule has 2 aromatic carbocycles. The van der Waals surface area contributed by atoms with E-state index < -0.39 is 6.10 Å². The summed E-state index contributed by atoms with van der Waals surface area (Å²) in [5.41, 5.74) is 1.80. The number of carbonyl (C=O) groups is 1. The lowest BCUT2D eigenvalue weighted by atomic mass is 10.2. The van der Waals surface area contributed by atoms with E-state index in [0.29, 0.717) is 18.0 Å². The molecule has 0 spiro atoms. The van der Waals surface area contributed by atoms with E-state index in [9.17, 15) is 4.79 Å². The highest BCUT2D eigenvalue weighted by atomic mass is 16.6. The zero-order valence-corrected chi connectivity index (χ0v) is 14.6. The van der Waals surface area contributed by atoms with Crippen LogP contribution >= 0.6 is 0 Å². The van der Waals surface area contributed by atoms with Gasteiger partial charge in [0.15, 0.2) is 11.5 Å². The van der Waals surface area contributed by atoms with Crippen LogP contribution in [0.4, 0.5) is 0 Å². The van der Waals surface area contributed by atoms with Gasteiger partial charge in [-0.15, -0.1) is 0 Å². The Labute approximate surface area is 147 Å². The fraction of sp³-hybridized carbons (Fsp3) is 0.263. The van der Waals surface area contributed by atoms with Crippen molar-refractivity contribution < 1.29 is 19.1 Å². The minimum absolute atomic E-state index is 0.228. The molecule has 0 aliphatic carbocycles. The minimum Gasteiger partial charge on any atom is -0.493 e. The first-order chi connectivity index (χ1) is 12.1. The van der Waals surface area contributed by atoms with Crippen LogP contribution in [0.3, 0.4) is 0 Å². The maximum Gasteiger partial charge on any atom is 0.263 e. The van der Waals surface area contributed by atoms with E-state index in [2.05, 4.69) is 10.5 Å². The molecule has 0 aromatic heterocycles. The second kappa shape index (κ2) is 9.32. The Morgan fingerprint density at radius 3 is 2.52 bits per heavy atom. The molecular weight excluding hydrogens is 320 g/mol. The van der Waals surface area contributed by atoms with Gasteiger partial charge in [-0.2, -0.15) is 0 Å². The Balaban J connectivity index is 1.85. The van der Waals surface area contributed by atoms with E-state index in [1.165, 1.54) is 6.21 Å². The van der Waals surface area contributed by atoms with Crippen LogP contribution in [0.1, 0.15) is 18.1 Å². The smallest absolute Gasteiger partial charge is 0.263 e. The SMILES string of the molecule is COc1ccc(/C=N\O[C@@H](C)C(=O)NCc2ccccc2)cc1OC. The fourth-order valence-electron chi connectivity index (χ4n) is 2.09. The molecule has 2 rings (SSSR count). The molecule has 0 fully saturated rings. The molecule has 6 nitrogen and oxygen atoms in total. The van der Waals surface area contributed by atoms with Crippen molar-refractivity contribution in [3.63, 3.8) is 0 Å². The van der Waals surface area contributed by atoms with Crippen molar-refractivity contribution in [3.8, 4) is 11.5 Å². The average Bonchev–Trinajstić information content (AvgIpc) is 2.66. The molecule has 0 aliphatic rings. The highest BCUT2D eigenvalue weighted by Crippen LogP contribution is 2.26. The summed E-state index contributed by atoms with van der Waals surface area (Å²) in [4.78, 5) is 17.2. The zero-order valence-electron chi connectivity index (χ0n) is 14.6. The van der Waals surface area contributed by atoms with E-state index in [4.69, 9.17) is 14.3 Å². The second-order valence-electron chi connectivity index (χ2n) is 5.30. The van der Waals surface area contributed by atoms with Gasteiger partial charge in [0, 0.05) is 12.1 Å². The number of rotatable bonds is 8. The van der Waals surface area contributed by atoms with Gasteiger partial charge in [0.25, 0.3) is 5.91 Å². The van der Waals surface area contributed by atoms with Crippen molar-refractivity contribution in [2.75, 3.05) is 14.2 Å². The van der Waals surface area contributed by atoms with Crippen LogP contribution in [0.2, 0.25) is 0 Å². The topological polar surface area (TPSA) is 69.2 Å². The number of amides is 1. The molecule has 1 atom stereocenters. The van der Waals surface area contributed by atoms with Gasteiger partial charge in [0.05, 0.1) is 20.4 Å². The van der Waals surface area contributed by atoms with Gasteiger partial charge in [-0.05, 0) is 30.7 Å². The summed E-state index contributed by atoms with van der Waals surface area (Å²) in [6, 6.07) is 15.0. The molecule has 0 bridgehead atoms. The van der Waals surface area contributed by atoms with Gasteiger partial charge >= 0.3 is 0 Å². The first-order valence-electron chi connectivity index (χ1n) is 7.87. The predicted molar refractivity (Wildman–Crippen MR) is 96.0 cm³/mol. The largest absolute Gasteiger partial charge is 0.493 e. The summed E-state index contributed by atoms with van der Waals surface area (Å²) in [6.45, 7) is 2.10. The molecule has 1 amide bonds. The van der Waals surface area contributed by atoms with Crippen LogP contribution in [-0.2, 0) is 16.2 Å². The number of methoxy groups -OCH3 is 2. The number of hydrogen-bond acceptors (Lipinski definition) is 5. The molecule has 0 heterocycles. The van der Waals surface area contributed by atoms with Gasteiger partial charge in [-0.3, -0.25) is 4.79 Å². The van der Waals surface area contributed by atoms with Crippen molar-refractivity contribution in [1.29, 1.82) is 0 Å². The monoisotopic (exact) mass is 342 g/mol. The highest BCUT2D eigenvalue weighted by Gasteiger charge is 2.13. The van der Waals surface area contributed by atoms with Crippen LogP contribution in [-0.4, -0.2) is 32.4 Å². The molecule has 6 heteroatoms. The Kier molecular flexibility index (Phi) is 6.83. The van der Waals surface area contributed by atoms with Gasteiger partial charge < -0.3 is 19.6 Å². The second-order valence-corrected chi connectivity index (χ2v) is 5.30. The van der Waals surface area contributed by atoms with Gasteiger partial charge in [-0.25, -0.2) is 0 Å². The maximum atomic E-state index is 12.0. The third-order valence-electron chi connectivity index (χ3n) is 3.51. The quantitative estimate of drug-likeness (QED) is 0.592. The fourth-order valence-corrected chi connectivity index (χ4v) is 2.09. The first kappa shape index (κ1) is 18.3. The van der Waals surface area contributed by atoms with E-state index in [0.717, 1.165) is 11.1 Å². The summed E-state index contributed by atoms with van der Waals surface area (Å²) in [7, 11) is 3.14. The Bertz CT molecular complexity index is 717. The number of nitrogens with one attached hydrogen (secondary N) is 1.